The normalized spacial score (nSPS) is 20.0. The Hall–Kier alpha value is -2.92. The maximum Gasteiger partial charge on any atom is 0.257 e. The minimum absolute atomic E-state index is 0.0844. The molecule has 0 spiro atoms. The summed E-state index contributed by atoms with van der Waals surface area (Å²) in [5.41, 5.74) is 8.00. The molecule has 1 amide bonds. The van der Waals surface area contributed by atoms with Crippen LogP contribution in [0.3, 0.4) is 0 Å². The molecule has 0 radical (unpaired) electrons. The van der Waals surface area contributed by atoms with Crippen molar-refractivity contribution >= 4 is 22.5 Å². The molecule has 0 saturated heterocycles. The summed E-state index contributed by atoms with van der Waals surface area (Å²) < 4.78 is 0. The first-order valence-corrected chi connectivity index (χ1v) is 8.88. The number of nitrogens with one attached hydrogen (secondary N) is 3. The van der Waals surface area contributed by atoms with Gasteiger partial charge in [-0.15, -0.1) is 0 Å². The van der Waals surface area contributed by atoms with Gasteiger partial charge in [0.05, 0.1) is 11.8 Å². The molecule has 0 unspecified atom stereocenters. The molecule has 3 aromatic rings. The van der Waals surface area contributed by atoms with Crippen LogP contribution < -0.4 is 10.7 Å². The number of aromatic amines is 1. The maximum absolute atomic E-state index is 12.7. The Balaban J connectivity index is 1.53. The van der Waals surface area contributed by atoms with Gasteiger partial charge in [-0.25, -0.2) is 5.43 Å². The molecule has 2 aromatic carbocycles. The molecule has 0 bridgehead atoms. The number of nitrogens with zero attached hydrogens (tertiary/aromatic N) is 1. The fourth-order valence-corrected chi connectivity index (χ4v) is 3.59. The first-order valence-electron chi connectivity index (χ1n) is 8.88. The quantitative estimate of drug-likeness (QED) is 0.503. The van der Waals surface area contributed by atoms with Gasteiger partial charge in [0.25, 0.3) is 5.91 Å². The number of fused-ring (bicyclic) bond motifs is 3. The van der Waals surface area contributed by atoms with Crippen LogP contribution in [0.2, 0.25) is 0 Å². The van der Waals surface area contributed by atoms with Crippen molar-refractivity contribution < 1.29 is 4.79 Å². The molecule has 4 rings (SSSR count). The Morgan fingerprint density at radius 1 is 1.12 bits per heavy atom. The second kappa shape index (κ2) is 6.77. The molecule has 5 heteroatoms. The topological polar surface area (TPSA) is 69.3 Å². The van der Waals surface area contributed by atoms with E-state index in [4.69, 9.17) is 0 Å². The maximum atomic E-state index is 12.7. The minimum atomic E-state index is -0.302. The standard InChI is InChI=1S/C21H22N4O/c1-13(15-8-4-3-5-9-15)24-25-21(26)19-12-17-16-10-6-7-11-18(16)23-20(17)14(2)22-19/h3-11,14,19,22-23H,12H2,1-2H3,(H,25,26)/b24-13+/t14-,19-/m0/s1. The van der Waals surface area contributed by atoms with Crippen LogP contribution in [0, 0.1) is 0 Å². The zero-order valence-electron chi connectivity index (χ0n) is 14.9. The van der Waals surface area contributed by atoms with E-state index in [0.717, 1.165) is 16.8 Å². The van der Waals surface area contributed by atoms with E-state index >= 15 is 0 Å². The third-order valence-electron chi connectivity index (χ3n) is 4.98. The molecule has 0 saturated carbocycles. The lowest BCUT2D eigenvalue weighted by Gasteiger charge is -2.28. The number of hydrogen-bond acceptors (Lipinski definition) is 3. The number of aromatic nitrogens is 1. The Morgan fingerprint density at radius 3 is 2.65 bits per heavy atom. The monoisotopic (exact) mass is 346 g/mol. The molecule has 1 aromatic heterocycles. The highest BCUT2D eigenvalue weighted by atomic mass is 16.2. The lowest BCUT2D eigenvalue weighted by Crippen LogP contribution is -2.48. The van der Waals surface area contributed by atoms with E-state index in [0.29, 0.717) is 6.42 Å². The average Bonchev–Trinajstić information content (AvgIpc) is 3.06. The number of H-pyrrole nitrogens is 1. The van der Waals surface area contributed by atoms with Gasteiger partial charge >= 0.3 is 0 Å². The highest BCUT2D eigenvalue weighted by molar-refractivity contribution is 5.99. The summed E-state index contributed by atoms with van der Waals surface area (Å²) in [6, 6.07) is 17.8. The summed E-state index contributed by atoms with van der Waals surface area (Å²) in [6.45, 7) is 3.97. The summed E-state index contributed by atoms with van der Waals surface area (Å²) in [5.74, 6) is -0.108. The third kappa shape index (κ3) is 3.02. The van der Waals surface area contributed by atoms with E-state index in [2.05, 4.69) is 39.9 Å². The first-order chi connectivity index (χ1) is 12.6. The van der Waals surface area contributed by atoms with Crippen LogP contribution in [0.5, 0.6) is 0 Å². The van der Waals surface area contributed by atoms with Crippen LogP contribution in [-0.2, 0) is 11.2 Å². The van der Waals surface area contributed by atoms with Crippen molar-refractivity contribution in [3.8, 4) is 0 Å². The Labute approximate surface area is 152 Å². The number of hydrogen-bond donors (Lipinski definition) is 3. The van der Waals surface area contributed by atoms with Gasteiger partial charge in [0, 0.05) is 22.6 Å². The van der Waals surface area contributed by atoms with E-state index in [1.807, 2.05) is 49.4 Å². The molecular formula is C21H22N4O. The molecule has 0 aliphatic carbocycles. The van der Waals surface area contributed by atoms with E-state index in [1.165, 1.54) is 16.6 Å². The predicted molar refractivity (Wildman–Crippen MR) is 104 cm³/mol. The fraction of sp³-hybridized carbons (Fsp3) is 0.238. The van der Waals surface area contributed by atoms with Gasteiger partial charge in [0.15, 0.2) is 0 Å². The molecule has 132 valence electrons. The second-order valence-corrected chi connectivity index (χ2v) is 6.75. The van der Waals surface area contributed by atoms with Crippen molar-refractivity contribution in [2.75, 3.05) is 0 Å². The van der Waals surface area contributed by atoms with Crippen LogP contribution in [0.15, 0.2) is 59.7 Å². The van der Waals surface area contributed by atoms with Crippen LogP contribution in [-0.4, -0.2) is 22.6 Å². The number of rotatable bonds is 3. The number of carbonyl (C=O) groups excluding carboxylic acids is 1. The van der Waals surface area contributed by atoms with Crippen molar-refractivity contribution in [2.45, 2.75) is 32.4 Å². The van der Waals surface area contributed by atoms with Gasteiger partial charge in [0.2, 0.25) is 0 Å². The lowest BCUT2D eigenvalue weighted by molar-refractivity contribution is -0.123. The van der Waals surface area contributed by atoms with Gasteiger partial charge in [-0.2, -0.15) is 5.10 Å². The highest BCUT2D eigenvalue weighted by Crippen LogP contribution is 2.31. The van der Waals surface area contributed by atoms with Gasteiger partial charge in [-0.05, 0) is 37.5 Å². The number of para-hydroxylation sites is 1. The van der Waals surface area contributed by atoms with Crippen molar-refractivity contribution in [2.24, 2.45) is 5.10 Å². The zero-order chi connectivity index (χ0) is 18.1. The first kappa shape index (κ1) is 16.5. The van der Waals surface area contributed by atoms with Gasteiger partial charge in [-0.3, -0.25) is 10.1 Å². The third-order valence-corrected chi connectivity index (χ3v) is 4.98. The molecule has 2 heterocycles. The van der Waals surface area contributed by atoms with Crippen molar-refractivity contribution in [3.63, 3.8) is 0 Å². The lowest BCUT2D eigenvalue weighted by atomic mass is 9.94. The van der Waals surface area contributed by atoms with Gasteiger partial charge < -0.3 is 4.98 Å². The van der Waals surface area contributed by atoms with Crippen molar-refractivity contribution in [1.82, 2.24) is 15.7 Å². The SMILES string of the molecule is C/C(=N\NC(=O)[C@@H]1Cc2c([nH]c3ccccc23)[C@H](C)N1)c1ccccc1. The van der Waals surface area contributed by atoms with Crippen molar-refractivity contribution in [1.29, 1.82) is 0 Å². The Bertz CT molecular complexity index is 974. The fourth-order valence-electron chi connectivity index (χ4n) is 3.59. The summed E-state index contributed by atoms with van der Waals surface area (Å²) in [5, 5.41) is 8.85. The summed E-state index contributed by atoms with van der Waals surface area (Å²) in [4.78, 5) is 16.1. The number of benzene rings is 2. The molecule has 0 fully saturated rings. The molecule has 1 aliphatic rings. The van der Waals surface area contributed by atoms with E-state index in [1.54, 1.807) is 0 Å². The minimum Gasteiger partial charge on any atom is -0.357 e. The van der Waals surface area contributed by atoms with Crippen LogP contribution in [0.1, 0.15) is 36.7 Å². The Morgan fingerprint density at radius 2 is 1.85 bits per heavy atom. The largest absolute Gasteiger partial charge is 0.357 e. The average molecular weight is 346 g/mol. The van der Waals surface area contributed by atoms with E-state index in [-0.39, 0.29) is 18.0 Å². The van der Waals surface area contributed by atoms with E-state index < -0.39 is 0 Å². The highest BCUT2D eigenvalue weighted by Gasteiger charge is 2.30. The number of hydrazone groups is 1. The molecule has 1 aliphatic heterocycles. The van der Waals surface area contributed by atoms with Gasteiger partial charge in [-0.1, -0.05) is 48.5 Å². The number of amides is 1. The number of carbonyl (C=O) groups is 1. The molecule has 2 atom stereocenters. The van der Waals surface area contributed by atoms with Crippen LogP contribution in [0.25, 0.3) is 10.9 Å². The van der Waals surface area contributed by atoms with Crippen LogP contribution in [0.4, 0.5) is 0 Å². The summed E-state index contributed by atoms with van der Waals surface area (Å²) in [7, 11) is 0. The smallest absolute Gasteiger partial charge is 0.257 e. The molecular weight excluding hydrogens is 324 g/mol. The molecule has 5 nitrogen and oxygen atoms in total. The van der Waals surface area contributed by atoms with Crippen molar-refractivity contribution in [3.05, 3.63) is 71.4 Å². The second-order valence-electron chi connectivity index (χ2n) is 6.75. The van der Waals surface area contributed by atoms with E-state index in [9.17, 15) is 4.79 Å². The van der Waals surface area contributed by atoms with Crippen LogP contribution >= 0.6 is 0 Å². The Kier molecular flexibility index (Phi) is 4.31. The molecule has 26 heavy (non-hydrogen) atoms. The predicted octanol–water partition coefficient (Wildman–Crippen LogP) is 3.28. The molecule has 3 N–H and O–H groups in total. The zero-order valence-corrected chi connectivity index (χ0v) is 14.9. The summed E-state index contributed by atoms with van der Waals surface area (Å²) in [6.07, 6.45) is 0.648. The van der Waals surface area contributed by atoms with Gasteiger partial charge in [0.1, 0.15) is 0 Å². The summed E-state index contributed by atoms with van der Waals surface area (Å²) >= 11 is 0.